The lowest BCUT2D eigenvalue weighted by Gasteiger charge is -2.57. The summed E-state index contributed by atoms with van der Waals surface area (Å²) in [6.07, 6.45) is 7.55. The number of aromatic nitrogens is 2. The molecule has 0 aromatic carbocycles. The molecule has 4 aliphatic rings. The van der Waals surface area contributed by atoms with Gasteiger partial charge in [-0.15, -0.1) is 0 Å². The quantitative estimate of drug-likeness (QED) is 0.810. The van der Waals surface area contributed by atoms with Gasteiger partial charge in [0.1, 0.15) is 11.3 Å². The molecule has 0 aliphatic heterocycles. The topological polar surface area (TPSA) is 83.8 Å². The summed E-state index contributed by atoms with van der Waals surface area (Å²) in [5.74, 6) is 0.720. The monoisotopic (exact) mass is 328 g/mol. The number of nitrogens with zero attached hydrogens (tertiary/aromatic N) is 1. The van der Waals surface area contributed by atoms with E-state index in [9.17, 15) is 9.18 Å². The SMILES string of the molecule is NC(=O)c1cnc2[nH]ccc2c1N[C@H]1[C@@H]2CC3C[C@H]1C[C@](F)(C3)C2. The number of primary amides is 1. The highest BCUT2D eigenvalue weighted by atomic mass is 19.1. The molecule has 2 aromatic rings. The number of amides is 1. The highest BCUT2D eigenvalue weighted by Crippen LogP contribution is 2.58. The van der Waals surface area contributed by atoms with Gasteiger partial charge < -0.3 is 16.0 Å². The molecule has 2 aromatic heterocycles. The van der Waals surface area contributed by atoms with Gasteiger partial charge in [-0.25, -0.2) is 9.37 Å². The molecular weight excluding hydrogens is 307 g/mol. The first kappa shape index (κ1) is 14.3. The van der Waals surface area contributed by atoms with Gasteiger partial charge in [-0.1, -0.05) is 0 Å². The van der Waals surface area contributed by atoms with Crippen molar-refractivity contribution >= 4 is 22.6 Å². The lowest BCUT2D eigenvalue weighted by Crippen LogP contribution is -2.57. The van der Waals surface area contributed by atoms with Crippen molar-refractivity contribution in [3.8, 4) is 0 Å². The molecule has 6 rings (SSSR count). The van der Waals surface area contributed by atoms with Crippen LogP contribution in [0, 0.1) is 17.8 Å². The van der Waals surface area contributed by atoms with E-state index in [1.54, 1.807) is 6.20 Å². The Morgan fingerprint density at radius 3 is 2.75 bits per heavy atom. The van der Waals surface area contributed by atoms with Crippen molar-refractivity contribution in [2.75, 3.05) is 5.32 Å². The van der Waals surface area contributed by atoms with Crippen LogP contribution in [-0.4, -0.2) is 27.6 Å². The number of aromatic amines is 1. The number of halogens is 1. The average Bonchev–Trinajstić information content (AvgIpc) is 2.97. The molecule has 5 nitrogen and oxygen atoms in total. The van der Waals surface area contributed by atoms with Crippen LogP contribution < -0.4 is 11.1 Å². The van der Waals surface area contributed by atoms with Gasteiger partial charge in [-0.2, -0.15) is 0 Å². The zero-order chi connectivity index (χ0) is 16.5. The van der Waals surface area contributed by atoms with Crippen LogP contribution in [0.5, 0.6) is 0 Å². The lowest BCUT2D eigenvalue weighted by molar-refractivity contribution is -0.0800. The summed E-state index contributed by atoms with van der Waals surface area (Å²) in [7, 11) is 0. The van der Waals surface area contributed by atoms with E-state index in [2.05, 4.69) is 15.3 Å². The molecule has 1 amide bonds. The van der Waals surface area contributed by atoms with Gasteiger partial charge in [-0.3, -0.25) is 4.79 Å². The van der Waals surface area contributed by atoms with Crippen molar-refractivity contribution in [3.63, 3.8) is 0 Å². The molecular formula is C18H21FN4O. The number of nitrogens with one attached hydrogen (secondary N) is 2. The number of carbonyl (C=O) groups excluding carboxylic acids is 1. The molecule has 24 heavy (non-hydrogen) atoms. The van der Waals surface area contributed by atoms with E-state index in [1.165, 1.54) is 6.20 Å². The van der Waals surface area contributed by atoms with Crippen molar-refractivity contribution < 1.29 is 9.18 Å². The Kier molecular flexibility index (Phi) is 2.80. The Morgan fingerprint density at radius 1 is 1.33 bits per heavy atom. The normalized spacial score (nSPS) is 37.0. The second-order valence-electron chi connectivity index (χ2n) is 7.94. The van der Waals surface area contributed by atoms with Gasteiger partial charge in [0.05, 0.1) is 11.3 Å². The van der Waals surface area contributed by atoms with Crippen LogP contribution in [0.25, 0.3) is 11.0 Å². The maximum absolute atomic E-state index is 14.9. The molecule has 0 spiro atoms. The first-order chi connectivity index (χ1) is 11.5. The second kappa shape index (κ2) is 4.71. The maximum atomic E-state index is 14.9. The standard InChI is InChI=1S/C18H21FN4O/c19-18-5-9-3-10(6-18)14(11(4-9)7-18)23-15-12-1-2-21-17(12)22-8-13(15)16(20)24/h1-2,8-11,14H,3-7H2,(H2,20,24)(H2,21,22,23)/t9?,10-,11+,14+,18+. The molecule has 4 fully saturated rings. The number of hydrogen-bond acceptors (Lipinski definition) is 3. The molecule has 5 atom stereocenters. The second-order valence-corrected chi connectivity index (χ2v) is 7.94. The zero-order valence-electron chi connectivity index (χ0n) is 13.4. The zero-order valence-corrected chi connectivity index (χ0v) is 13.4. The summed E-state index contributed by atoms with van der Waals surface area (Å²) >= 11 is 0. The third kappa shape index (κ3) is 1.98. The van der Waals surface area contributed by atoms with Crippen LogP contribution in [-0.2, 0) is 0 Å². The minimum Gasteiger partial charge on any atom is -0.380 e. The molecule has 4 bridgehead atoms. The first-order valence-corrected chi connectivity index (χ1v) is 8.74. The van der Waals surface area contributed by atoms with Crippen LogP contribution >= 0.6 is 0 Å². The summed E-state index contributed by atoms with van der Waals surface area (Å²) in [4.78, 5) is 19.2. The van der Waals surface area contributed by atoms with Crippen molar-refractivity contribution in [2.45, 2.75) is 43.8 Å². The summed E-state index contributed by atoms with van der Waals surface area (Å²) in [5.41, 5.74) is 6.49. The molecule has 4 saturated carbocycles. The number of anilines is 1. The van der Waals surface area contributed by atoms with Crippen molar-refractivity contribution in [1.29, 1.82) is 0 Å². The molecule has 2 heterocycles. The average molecular weight is 328 g/mol. The van der Waals surface area contributed by atoms with E-state index in [0.717, 1.165) is 36.0 Å². The van der Waals surface area contributed by atoms with Crippen LogP contribution in [0.1, 0.15) is 42.5 Å². The fourth-order valence-electron chi connectivity index (χ4n) is 5.68. The van der Waals surface area contributed by atoms with Gasteiger partial charge in [0.2, 0.25) is 0 Å². The minimum atomic E-state index is -0.956. The number of H-pyrrole nitrogens is 1. The van der Waals surface area contributed by atoms with Gasteiger partial charge in [-0.05, 0) is 55.9 Å². The third-order valence-corrected chi connectivity index (χ3v) is 6.36. The summed E-state index contributed by atoms with van der Waals surface area (Å²) in [5, 5.41) is 4.46. The van der Waals surface area contributed by atoms with Gasteiger partial charge in [0.25, 0.3) is 5.91 Å². The van der Waals surface area contributed by atoms with Crippen LogP contribution in [0.4, 0.5) is 10.1 Å². The van der Waals surface area contributed by atoms with E-state index in [0.29, 0.717) is 36.2 Å². The molecule has 4 N–H and O–H groups in total. The highest BCUT2D eigenvalue weighted by molar-refractivity contribution is 6.06. The molecule has 0 radical (unpaired) electrons. The van der Waals surface area contributed by atoms with Crippen LogP contribution in [0.3, 0.4) is 0 Å². The lowest BCUT2D eigenvalue weighted by atomic mass is 9.53. The van der Waals surface area contributed by atoms with E-state index in [1.807, 2.05) is 6.07 Å². The molecule has 1 unspecified atom stereocenters. The largest absolute Gasteiger partial charge is 0.380 e. The van der Waals surface area contributed by atoms with E-state index >= 15 is 0 Å². The van der Waals surface area contributed by atoms with E-state index in [4.69, 9.17) is 5.73 Å². The number of carbonyl (C=O) groups is 1. The van der Waals surface area contributed by atoms with Crippen molar-refractivity contribution in [1.82, 2.24) is 9.97 Å². The van der Waals surface area contributed by atoms with E-state index in [-0.39, 0.29) is 6.04 Å². The Balaban J connectivity index is 1.54. The van der Waals surface area contributed by atoms with Crippen molar-refractivity contribution in [3.05, 3.63) is 24.0 Å². The highest BCUT2D eigenvalue weighted by Gasteiger charge is 2.56. The van der Waals surface area contributed by atoms with Gasteiger partial charge in [0, 0.05) is 23.8 Å². The molecule has 6 heteroatoms. The fourth-order valence-corrected chi connectivity index (χ4v) is 5.68. The summed E-state index contributed by atoms with van der Waals surface area (Å²) < 4.78 is 14.9. The molecule has 4 aliphatic carbocycles. The Hall–Kier alpha value is -2.11. The molecule has 126 valence electrons. The Morgan fingerprint density at radius 2 is 2.08 bits per heavy atom. The smallest absolute Gasteiger partial charge is 0.252 e. The summed E-state index contributed by atoms with van der Waals surface area (Å²) in [6, 6.07) is 2.12. The number of nitrogens with two attached hydrogens (primary N) is 1. The minimum absolute atomic E-state index is 0.212. The predicted octanol–water partition coefficient (Wildman–Crippen LogP) is 2.99. The van der Waals surface area contributed by atoms with Crippen molar-refractivity contribution in [2.24, 2.45) is 23.5 Å². The van der Waals surface area contributed by atoms with Gasteiger partial charge in [0.15, 0.2) is 0 Å². The number of alkyl halides is 1. The number of fused-ring (bicyclic) bond motifs is 1. The van der Waals surface area contributed by atoms with Crippen LogP contribution in [0.15, 0.2) is 18.5 Å². The number of pyridine rings is 1. The third-order valence-electron chi connectivity index (χ3n) is 6.36. The first-order valence-electron chi connectivity index (χ1n) is 8.74. The summed E-state index contributed by atoms with van der Waals surface area (Å²) in [6.45, 7) is 0. The maximum Gasteiger partial charge on any atom is 0.252 e. The predicted molar refractivity (Wildman–Crippen MR) is 89.4 cm³/mol. The van der Waals surface area contributed by atoms with E-state index < -0.39 is 11.6 Å². The number of rotatable bonds is 3. The number of hydrogen-bond donors (Lipinski definition) is 3. The van der Waals surface area contributed by atoms with Gasteiger partial charge >= 0.3 is 0 Å². The Labute approximate surface area is 139 Å². The fraction of sp³-hybridized carbons (Fsp3) is 0.556. The Bertz CT molecular complexity index is 816. The van der Waals surface area contributed by atoms with Crippen LogP contribution in [0.2, 0.25) is 0 Å². The molecule has 0 saturated heterocycles.